The maximum atomic E-state index is 13.4. The van der Waals surface area contributed by atoms with Crippen LogP contribution < -0.4 is 4.90 Å². The number of amides is 2. The minimum Gasteiger partial charge on any atom is -0.334 e. The first-order valence-electron chi connectivity index (χ1n) is 9.81. The number of rotatable bonds is 4. The summed E-state index contributed by atoms with van der Waals surface area (Å²) in [5.41, 5.74) is 2.85. The molecule has 160 valence electrons. The Hall–Kier alpha value is -1.91. The largest absolute Gasteiger partial charge is 0.334 e. The highest BCUT2D eigenvalue weighted by atomic mass is 127. The monoisotopic (exact) mass is 611 g/mol. The fraction of sp³-hybridized carbons (Fsp3) is 0.227. The normalized spacial score (nSPS) is 17.2. The van der Waals surface area contributed by atoms with Crippen LogP contribution in [-0.2, 0) is 6.54 Å². The number of benzene rings is 2. The number of fused-ring (bicyclic) bond motifs is 3. The van der Waals surface area contributed by atoms with E-state index < -0.39 is 0 Å². The molecule has 1 unspecified atom stereocenters. The minimum atomic E-state index is -0.0649. The number of hydrogen-bond acceptors (Lipinski definition) is 3. The van der Waals surface area contributed by atoms with Crippen molar-refractivity contribution in [3.05, 3.63) is 67.8 Å². The van der Waals surface area contributed by atoms with E-state index in [4.69, 9.17) is 9.98 Å². The number of nitrogens with one attached hydrogen (secondary N) is 1. The molecule has 5 rings (SSSR count). The summed E-state index contributed by atoms with van der Waals surface area (Å²) in [4.78, 5) is 30.1. The van der Waals surface area contributed by atoms with Gasteiger partial charge in [0.15, 0.2) is 11.7 Å². The first kappa shape index (κ1) is 22.3. The maximum absolute atomic E-state index is 13.4. The SMILES string of the molecule is CCC1CN2C(=O)N(Cc3cccc(I)c3)c3nc(-c4ccc(Br)cc4)[nH]c3C2=N1.Cl. The van der Waals surface area contributed by atoms with Crippen LogP contribution in [-0.4, -0.2) is 39.3 Å². The molecule has 0 spiro atoms. The van der Waals surface area contributed by atoms with Gasteiger partial charge in [0.05, 0.1) is 19.1 Å². The van der Waals surface area contributed by atoms with Crippen molar-refractivity contribution in [3.8, 4) is 11.4 Å². The van der Waals surface area contributed by atoms with Crippen LogP contribution in [0.4, 0.5) is 10.6 Å². The van der Waals surface area contributed by atoms with Gasteiger partial charge in [0.1, 0.15) is 11.5 Å². The van der Waals surface area contributed by atoms with E-state index in [0.717, 1.165) is 37.1 Å². The lowest BCUT2D eigenvalue weighted by Crippen LogP contribution is -2.50. The van der Waals surface area contributed by atoms with Crippen LogP contribution in [0.15, 0.2) is 58.0 Å². The number of H-pyrrole nitrogens is 1. The Kier molecular flexibility index (Phi) is 6.41. The van der Waals surface area contributed by atoms with Gasteiger partial charge in [0.2, 0.25) is 0 Å². The molecule has 0 radical (unpaired) electrons. The number of nitrogens with zero attached hydrogens (tertiary/aromatic N) is 4. The van der Waals surface area contributed by atoms with Gasteiger partial charge in [-0.2, -0.15) is 0 Å². The number of halogens is 3. The first-order chi connectivity index (χ1) is 14.5. The summed E-state index contributed by atoms with van der Waals surface area (Å²) in [5, 5.41) is 0. The molecular formula is C22H20BrClIN5O. The number of aromatic amines is 1. The van der Waals surface area contributed by atoms with Crippen molar-refractivity contribution in [2.45, 2.75) is 25.9 Å². The Morgan fingerprint density at radius 2 is 2.00 bits per heavy atom. The van der Waals surface area contributed by atoms with Gasteiger partial charge in [-0.3, -0.25) is 14.8 Å². The van der Waals surface area contributed by atoms with E-state index in [2.05, 4.69) is 56.5 Å². The third kappa shape index (κ3) is 4.12. The van der Waals surface area contributed by atoms with Crippen molar-refractivity contribution in [1.29, 1.82) is 0 Å². The van der Waals surface area contributed by atoms with Crippen LogP contribution in [0.2, 0.25) is 0 Å². The van der Waals surface area contributed by atoms with E-state index in [1.165, 1.54) is 0 Å². The van der Waals surface area contributed by atoms with E-state index in [9.17, 15) is 4.79 Å². The van der Waals surface area contributed by atoms with Crippen molar-refractivity contribution < 1.29 is 4.79 Å². The highest BCUT2D eigenvalue weighted by molar-refractivity contribution is 14.1. The molecule has 2 aromatic carbocycles. The molecule has 0 fully saturated rings. The molecule has 3 aromatic rings. The van der Waals surface area contributed by atoms with Gasteiger partial charge < -0.3 is 4.98 Å². The highest BCUT2D eigenvalue weighted by Gasteiger charge is 2.42. The zero-order valence-electron chi connectivity index (χ0n) is 16.7. The van der Waals surface area contributed by atoms with E-state index in [1.54, 1.807) is 9.80 Å². The van der Waals surface area contributed by atoms with Gasteiger partial charge in [-0.15, -0.1) is 12.4 Å². The number of aromatic nitrogens is 2. The van der Waals surface area contributed by atoms with Crippen LogP contribution in [0, 0.1) is 3.57 Å². The summed E-state index contributed by atoms with van der Waals surface area (Å²) in [6, 6.07) is 16.2. The summed E-state index contributed by atoms with van der Waals surface area (Å²) >= 11 is 5.77. The van der Waals surface area contributed by atoms with Gasteiger partial charge in [-0.05, 0) is 58.8 Å². The number of anilines is 1. The van der Waals surface area contributed by atoms with Crippen LogP contribution in [0.3, 0.4) is 0 Å². The fourth-order valence-corrected chi connectivity index (χ4v) is 4.70. The van der Waals surface area contributed by atoms with Crippen LogP contribution in [0.5, 0.6) is 0 Å². The number of aliphatic imine (C=N–C) groups is 1. The van der Waals surface area contributed by atoms with Crippen LogP contribution in [0.25, 0.3) is 11.4 Å². The zero-order valence-corrected chi connectivity index (χ0v) is 21.2. The quantitative estimate of drug-likeness (QED) is 0.376. The van der Waals surface area contributed by atoms with Gasteiger partial charge in [-0.25, -0.2) is 9.78 Å². The molecule has 0 aliphatic carbocycles. The molecule has 31 heavy (non-hydrogen) atoms. The number of carbonyl (C=O) groups excluding carboxylic acids is 1. The highest BCUT2D eigenvalue weighted by Crippen LogP contribution is 2.34. The summed E-state index contributed by atoms with van der Waals surface area (Å²) in [7, 11) is 0. The number of hydrogen-bond donors (Lipinski definition) is 1. The number of carbonyl (C=O) groups is 1. The number of urea groups is 1. The third-order valence-electron chi connectivity index (χ3n) is 5.40. The summed E-state index contributed by atoms with van der Waals surface area (Å²) in [6.07, 6.45) is 0.896. The lowest BCUT2D eigenvalue weighted by Gasteiger charge is -2.32. The Balaban J connectivity index is 0.00000231. The standard InChI is InChI=1S/C22H19BrIN5O.ClH/c1-2-17-12-29-20(25-17)18-21(27-19(26-18)14-6-8-15(23)9-7-14)28(22(29)30)11-13-4-3-5-16(24)10-13;/h3-10,17H,2,11-12H2,1H3,(H,26,27);1H. The summed E-state index contributed by atoms with van der Waals surface area (Å²) < 4.78 is 2.15. The molecule has 3 heterocycles. The predicted octanol–water partition coefficient (Wildman–Crippen LogP) is 5.85. The fourth-order valence-electron chi connectivity index (χ4n) is 3.83. The molecular weight excluding hydrogens is 593 g/mol. The number of imidazole rings is 1. The van der Waals surface area contributed by atoms with Gasteiger partial charge in [0.25, 0.3) is 0 Å². The lowest BCUT2D eigenvalue weighted by molar-refractivity contribution is 0.226. The van der Waals surface area contributed by atoms with Crippen molar-refractivity contribution in [2.75, 3.05) is 11.4 Å². The smallest absolute Gasteiger partial charge is 0.331 e. The van der Waals surface area contributed by atoms with E-state index in [0.29, 0.717) is 24.7 Å². The van der Waals surface area contributed by atoms with Crippen LogP contribution >= 0.6 is 50.9 Å². The molecule has 1 atom stereocenters. The van der Waals surface area contributed by atoms with Gasteiger partial charge >= 0.3 is 6.03 Å². The molecule has 1 N–H and O–H groups in total. The second kappa shape index (κ2) is 8.91. The molecule has 2 aliphatic rings. The van der Waals surface area contributed by atoms with E-state index in [-0.39, 0.29) is 24.5 Å². The van der Waals surface area contributed by atoms with Crippen LogP contribution in [0.1, 0.15) is 24.6 Å². The Bertz CT molecular complexity index is 1160. The van der Waals surface area contributed by atoms with E-state index in [1.807, 2.05) is 42.5 Å². The summed E-state index contributed by atoms with van der Waals surface area (Å²) in [6.45, 7) is 3.18. The molecule has 1 aromatic heterocycles. The predicted molar refractivity (Wildman–Crippen MR) is 137 cm³/mol. The lowest BCUT2D eigenvalue weighted by atomic mass is 10.2. The van der Waals surface area contributed by atoms with Crippen molar-refractivity contribution in [3.63, 3.8) is 0 Å². The Morgan fingerprint density at radius 1 is 1.23 bits per heavy atom. The zero-order chi connectivity index (χ0) is 20.8. The third-order valence-corrected chi connectivity index (χ3v) is 6.60. The second-order valence-electron chi connectivity index (χ2n) is 7.41. The Morgan fingerprint density at radius 3 is 2.71 bits per heavy atom. The summed E-state index contributed by atoms with van der Waals surface area (Å²) in [5.74, 6) is 2.08. The van der Waals surface area contributed by atoms with Crippen molar-refractivity contribution in [1.82, 2.24) is 14.9 Å². The minimum absolute atomic E-state index is 0. The molecule has 9 heteroatoms. The van der Waals surface area contributed by atoms with Gasteiger partial charge in [0, 0.05) is 13.6 Å². The molecule has 0 saturated heterocycles. The Labute approximate surface area is 208 Å². The van der Waals surface area contributed by atoms with E-state index >= 15 is 0 Å². The molecule has 0 bridgehead atoms. The number of amidine groups is 1. The second-order valence-corrected chi connectivity index (χ2v) is 9.58. The molecule has 0 saturated carbocycles. The average molecular weight is 613 g/mol. The average Bonchev–Trinajstić information content (AvgIpc) is 3.36. The van der Waals surface area contributed by atoms with Crippen molar-refractivity contribution in [2.24, 2.45) is 4.99 Å². The molecule has 2 aliphatic heterocycles. The van der Waals surface area contributed by atoms with Gasteiger partial charge in [-0.1, -0.05) is 47.1 Å². The molecule has 6 nitrogen and oxygen atoms in total. The first-order valence-corrected chi connectivity index (χ1v) is 11.7. The maximum Gasteiger partial charge on any atom is 0.331 e. The molecule has 2 amide bonds. The topological polar surface area (TPSA) is 64.6 Å². The van der Waals surface area contributed by atoms with Crippen molar-refractivity contribution >= 4 is 68.6 Å².